The second-order valence-electron chi connectivity index (χ2n) is 6.75. The molecular weight excluding hydrogens is 407 g/mol. The molecule has 0 radical (unpaired) electrons. The normalized spacial score (nSPS) is 20.9. The Hall–Kier alpha value is -2.43. The Morgan fingerprint density at radius 1 is 1.07 bits per heavy atom. The van der Waals surface area contributed by atoms with E-state index in [-0.39, 0.29) is 17.5 Å². The minimum absolute atomic E-state index is 0.00765. The molecule has 4 rings (SSSR count). The van der Waals surface area contributed by atoms with E-state index in [0.29, 0.717) is 29.7 Å². The topological polar surface area (TPSA) is 68.3 Å². The van der Waals surface area contributed by atoms with Crippen molar-refractivity contribution in [2.75, 3.05) is 5.32 Å². The number of nitrogens with zero attached hydrogens (tertiary/aromatic N) is 1. The highest BCUT2D eigenvalue weighted by Gasteiger charge is 2.50. The minimum Gasteiger partial charge on any atom is -0.355 e. The molecule has 1 N–H and O–H groups in total. The van der Waals surface area contributed by atoms with Crippen molar-refractivity contribution >= 4 is 21.5 Å². The summed E-state index contributed by atoms with van der Waals surface area (Å²) >= 11 is 0. The molecule has 0 amide bonds. The predicted molar refractivity (Wildman–Crippen MR) is 88.8 cm³/mol. The summed E-state index contributed by atoms with van der Waals surface area (Å²) in [6.07, 6.45) is 3.23. The SMILES string of the molecule is O=S(=O)(Oc1ncc(Nc2ccc(F)c(F)c2)c2c1C1CCC2C1)C(F)(F)F. The van der Waals surface area contributed by atoms with Crippen LogP contribution in [0.15, 0.2) is 24.4 Å². The Morgan fingerprint density at radius 3 is 2.39 bits per heavy atom. The summed E-state index contributed by atoms with van der Waals surface area (Å²) in [5.41, 5.74) is -4.03. The first-order valence-corrected chi connectivity index (χ1v) is 9.73. The molecule has 28 heavy (non-hydrogen) atoms. The molecule has 0 aliphatic heterocycles. The lowest BCUT2D eigenvalue weighted by molar-refractivity contribution is -0.0501. The summed E-state index contributed by atoms with van der Waals surface area (Å²) in [5.74, 6) is -2.85. The molecule has 2 atom stereocenters. The van der Waals surface area contributed by atoms with Crippen LogP contribution >= 0.6 is 0 Å². The Labute approximate surface area is 156 Å². The van der Waals surface area contributed by atoms with E-state index in [1.54, 1.807) is 0 Å². The van der Waals surface area contributed by atoms with Gasteiger partial charge in [0.2, 0.25) is 5.88 Å². The molecule has 0 saturated heterocycles. The number of halogens is 5. The number of pyridine rings is 1. The fraction of sp³-hybridized carbons (Fsp3) is 0.353. The molecule has 2 unspecified atom stereocenters. The van der Waals surface area contributed by atoms with Gasteiger partial charge in [-0.25, -0.2) is 13.8 Å². The second-order valence-corrected chi connectivity index (χ2v) is 8.29. The van der Waals surface area contributed by atoms with Crippen LogP contribution in [0.25, 0.3) is 0 Å². The quantitative estimate of drug-likeness (QED) is 0.441. The lowest BCUT2D eigenvalue weighted by Crippen LogP contribution is -2.29. The van der Waals surface area contributed by atoms with Gasteiger partial charge < -0.3 is 9.50 Å². The maximum absolute atomic E-state index is 13.4. The fourth-order valence-corrected chi connectivity index (χ4v) is 4.34. The Balaban J connectivity index is 1.74. The predicted octanol–water partition coefficient (Wildman–Crippen LogP) is 4.70. The maximum Gasteiger partial charge on any atom is 0.534 e. The van der Waals surface area contributed by atoms with Crippen LogP contribution in [0.3, 0.4) is 0 Å². The Morgan fingerprint density at radius 2 is 1.75 bits per heavy atom. The average molecular weight is 420 g/mol. The van der Waals surface area contributed by atoms with Gasteiger partial charge in [-0.05, 0) is 48.8 Å². The van der Waals surface area contributed by atoms with Gasteiger partial charge in [-0.15, -0.1) is 0 Å². The van der Waals surface area contributed by atoms with Crippen molar-refractivity contribution in [1.29, 1.82) is 0 Å². The molecule has 150 valence electrons. The molecule has 0 spiro atoms. The highest BCUT2D eigenvalue weighted by atomic mass is 32.2. The molecule has 5 nitrogen and oxygen atoms in total. The molecule has 2 bridgehead atoms. The Bertz CT molecular complexity index is 1060. The zero-order chi connectivity index (χ0) is 20.3. The van der Waals surface area contributed by atoms with E-state index in [1.165, 1.54) is 6.07 Å². The molecule has 1 fully saturated rings. The summed E-state index contributed by atoms with van der Waals surface area (Å²) in [6.45, 7) is 0. The molecule has 1 aromatic carbocycles. The van der Waals surface area contributed by atoms with Crippen LogP contribution < -0.4 is 9.50 Å². The molecular formula is C17H13F5N2O3S. The standard InChI is InChI=1S/C17H13F5N2O3S/c18-11-4-3-10(6-12(11)19)24-13-7-23-16(27-28(25,26)17(20,21)22)15-9-2-1-8(5-9)14(13)15/h3-4,6-9,24H,1-2,5H2. The van der Waals surface area contributed by atoms with Crippen LogP contribution in [-0.4, -0.2) is 18.9 Å². The number of fused-ring (bicyclic) bond motifs is 5. The number of hydrogen-bond donors (Lipinski definition) is 1. The highest BCUT2D eigenvalue weighted by molar-refractivity contribution is 7.87. The van der Waals surface area contributed by atoms with E-state index in [9.17, 15) is 30.4 Å². The van der Waals surface area contributed by atoms with Crippen molar-refractivity contribution in [1.82, 2.24) is 4.98 Å². The van der Waals surface area contributed by atoms with Crippen molar-refractivity contribution in [3.63, 3.8) is 0 Å². The number of hydrogen-bond acceptors (Lipinski definition) is 5. The van der Waals surface area contributed by atoms with Gasteiger partial charge in [0.15, 0.2) is 11.6 Å². The Kier molecular flexibility index (Phi) is 4.25. The van der Waals surface area contributed by atoms with Crippen LogP contribution in [0.2, 0.25) is 0 Å². The van der Waals surface area contributed by atoms with E-state index < -0.39 is 33.1 Å². The van der Waals surface area contributed by atoms with Gasteiger partial charge in [-0.3, -0.25) is 0 Å². The van der Waals surface area contributed by atoms with Crippen molar-refractivity contribution < 1.29 is 34.6 Å². The number of rotatable bonds is 4. The van der Waals surface area contributed by atoms with Crippen molar-refractivity contribution in [3.8, 4) is 5.88 Å². The van der Waals surface area contributed by atoms with E-state index in [4.69, 9.17) is 0 Å². The van der Waals surface area contributed by atoms with E-state index in [1.807, 2.05) is 0 Å². The summed E-state index contributed by atoms with van der Waals surface area (Å²) in [6, 6.07) is 3.18. The maximum atomic E-state index is 13.4. The van der Waals surface area contributed by atoms with Crippen molar-refractivity contribution in [3.05, 3.63) is 47.2 Å². The number of anilines is 2. The molecule has 1 saturated carbocycles. The molecule has 2 aromatic rings. The lowest BCUT2D eigenvalue weighted by Gasteiger charge is -2.22. The van der Waals surface area contributed by atoms with Crippen LogP contribution in [0.4, 0.5) is 33.3 Å². The third-order valence-electron chi connectivity index (χ3n) is 5.04. The van der Waals surface area contributed by atoms with Gasteiger partial charge >= 0.3 is 15.6 Å². The molecule has 1 heterocycles. The lowest BCUT2D eigenvalue weighted by atomic mass is 9.91. The smallest absolute Gasteiger partial charge is 0.355 e. The van der Waals surface area contributed by atoms with Crippen LogP contribution in [0.1, 0.15) is 42.2 Å². The van der Waals surface area contributed by atoms with E-state index in [0.717, 1.165) is 24.8 Å². The third kappa shape index (κ3) is 3.07. The number of nitrogens with one attached hydrogen (secondary N) is 1. The average Bonchev–Trinajstić information content (AvgIpc) is 3.21. The molecule has 2 aliphatic carbocycles. The first-order valence-electron chi connectivity index (χ1n) is 8.32. The van der Waals surface area contributed by atoms with Crippen molar-refractivity contribution in [2.45, 2.75) is 36.6 Å². The number of alkyl halides is 3. The monoisotopic (exact) mass is 420 g/mol. The minimum atomic E-state index is -5.85. The third-order valence-corrected chi connectivity index (χ3v) is 5.99. The van der Waals surface area contributed by atoms with Gasteiger partial charge in [0.25, 0.3) is 0 Å². The van der Waals surface area contributed by atoms with Crippen LogP contribution in [0.5, 0.6) is 5.88 Å². The van der Waals surface area contributed by atoms with Crippen LogP contribution in [-0.2, 0) is 10.1 Å². The zero-order valence-electron chi connectivity index (χ0n) is 14.1. The summed E-state index contributed by atoms with van der Waals surface area (Å²) < 4.78 is 91.7. The highest BCUT2D eigenvalue weighted by Crippen LogP contribution is 2.58. The zero-order valence-corrected chi connectivity index (χ0v) is 14.9. The fourth-order valence-electron chi connectivity index (χ4n) is 3.91. The first-order chi connectivity index (χ1) is 13.1. The molecule has 11 heteroatoms. The van der Waals surface area contributed by atoms with Gasteiger partial charge in [-0.1, -0.05) is 0 Å². The summed E-state index contributed by atoms with van der Waals surface area (Å²) in [4.78, 5) is 3.77. The second kappa shape index (κ2) is 6.29. The van der Waals surface area contributed by atoms with Gasteiger partial charge in [0, 0.05) is 17.3 Å². The summed E-state index contributed by atoms with van der Waals surface area (Å²) in [7, 11) is -5.85. The van der Waals surface area contributed by atoms with Crippen LogP contribution in [0, 0.1) is 11.6 Å². The largest absolute Gasteiger partial charge is 0.534 e. The summed E-state index contributed by atoms with van der Waals surface area (Å²) in [5, 5.41) is 2.88. The van der Waals surface area contributed by atoms with Gasteiger partial charge in [0.05, 0.1) is 11.9 Å². The first kappa shape index (κ1) is 18.9. The molecule has 2 aliphatic rings. The number of benzene rings is 1. The van der Waals surface area contributed by atoms with Gasteiger partial charge in [0.1, 0.15) is 0 Å². The number of aromatic nitrogens is 1. The molecule has 1 aromatic heterocycles. The van der Waals surface area contributed by atoms with E-state index in [2.05, 4.69) is 14.5 Å². The van der Waals surface area contributed by atoms with Crippen molar-refractivity contribution in [2.24, 2.45) is 0 Å². The van der Waals surface area contributed by atoms with Gasteiger partial charge in [-0.2, -0.15) is 21.6 Å². The van der Waals surface area contributed by atoms with E-state index >= 15 is 0 Å².